The highest BCUT2D eigenvalue weighted by Crippen LogP contribution is 2.16. The van der Waals surface area contributed by atoms with Gasteiger partial charge < -0.3 is 9.47 Å². The molecule has 1 aliphatic rings. The molecule has 0 N–H and O–H groups in total. The Morgan fingerprint density at radius 1 is 1.05 bits per heavy atom. The van der Waals surface area contributed by atoms with Crippen molar-refractivity contribution in [2.75, 3.05) is 53.0 Å². The van der Waals surface area contributed by atoms with Gasteiger partial charge in [-0.3, -0.25) is 9.80 Å². The molecule has 0 bridgehead atoms. The number of methoxy groups -OCH3 is 1. The second kappa shape index (κ2) is 7.73. The van der Waals surface area contributed by atoms with Gasteiger partial charge in [-0.15, -0.1) is 0 Å². The zero-order valence-electron chi connectivity index (χ0n) is 11.9. The third-order valence-electron chi connectivity index (χ3n) is 3.49. The molecule has 0 radical (unpaired) electrons. The lowest BCUT2D eigenvalue weighted by molar-refractivity contribution is 0.126. The van der Waals surface area contributed by atoms with Gasteiger partial charge in [-0.05, 0) is 24.3 Å². The van der Waals surface area contributed by atoms with Gasteiger partial charge in [0.25, 0.3) is 0 Å². The van der Waals surface area contributed by atoms with Crippen molar-refractivity contribution in [1.82, 2.24) is 9.80 Å². The van der Waals surface area contributed by atoms with Crippen LogP contribution in [0.2, 0.25) is 0 Å². The summed E-state index contributed by atoms with van der Waals surface area (Å²) in [4.78, 5) is 4.55. The average Bonchev–Trinajstić information content (AvgIpc) is 2.50. The molecule has 1 heterocycles. The lowest BCUT2D eigenvalue weighted by atomic mass is 10.3. The van der Waals surface area contributed by atoms with E-state index >= 15 is 0 Å². The predicted octanol–water partition coefficient (Wildman–Crippen LogP) is 1.22. The fourth-order valence-electron chi connectivity index (χ4n) is 2.24. The zero-order chi connectivity index (χ0) is 14.2. The largest absolute Gasteiger partial charge is 0.497 e. The van der Waals surface area contributed by atoms with Crippen LogP contribution in [0.15, 0.2) is 24.3 Å². The summed E-state index contributed by atoms with van der Waals surface area (Å²) in [5.41, 5.74) is 0. The molecule has 1 aromatic rings. The number of hydrogen-bond donors (Lipinski definition) is 0. The molecule has 0 saturated carbocycles. The van der Waals surface area contributed by atoms with Gasteiger partial charge in [-0.2, -0.15) is 5.26 Å². The van der Waals surface area contributed by atoms with Crippen LogP contribution in [0.3, 0.4) is 0 Å². The summed E-state index contributed by atoms with van der Waals surface area (Å²) in [6.07, 6.45) is 0. The van der Waals surface area contributed by atoms with Gasteiger partial charge in [-0.1, -0.05) is 0 Å². The van der Waals surface area contributed by atoms with E-state index in [9.17, 15) is 0 Å². The van der Waals surface area contributed by atoms with Crippen molar-refractivity contribution >= 4 is 0 Å². The van der Waals surface area contributed by atoms with E-state index in [4.69, 9.17) is 14.7 Å². The highest BCUT2D eigenvalue weighted by Gasteiger charge is 2.15. The summed E-state index contributed by atoms with van der Waals surface area (Å²) >= 11 is 0. The molecule has 0 atom stereocenters. The third kappa shape index (κ3) is 4.41. The van der Waals surface area contributed by atoms with E-state index in [1.807, 2.05) is 24.3 Å². The number of nitrogens with zero attached hydrogens (tertiary/aromatic N) is 3. The molecule has 1 aromatic carbocycles. The van der Waals surface area contributed by atoms with Crippen LogP contribution in [0.4, 0.5) is 0 Å². The minimum absolute atomic E-state index is 0.538. The quantitative estimate of drug-likeness (QED) is 0.731. The molecule has 1 fully saturated rings. The number of nitriles is 1. The summed E-state index contributed by atoms with van der Waals surface area (Å²) < 4.78 is 10.8. The van der Waals surface area contributed by atoms with Crippen molar-refractivity contribution < 1.29 is 9.47 Å². The van der Waals surface area contributed by atoms with Crippen LogP contribution < -0.4 is 9.47 Å². The van der Waals surface area contributed by atoms with E-state index in [2.05, 4.69) is 15.9 Å². The van der Waals surface area contributed by atoms with Crippen molar-refractivity contribution in [3.8, 4) is 17.6 Å². The van der Waals surface area contributed by atoms with Gasteiger partial charge in [0.2, 0.25) is 0 Å². The van der Waals surface area contributed by atoms with E-state index in [0.29, 0.717) is 13.2 Å². The second-order valence-electron chi connectivity index (χ2n) is 4.80. The first-order valence-electron chi connectivity index (χ1n) is 6.90. The number of ether oxygens (including phenoxy) is 2. The van der Waals surface area contributed by atoms with Gasteiger partial charge in [0.15, 0.2) is 0 Å². The Balaban J connectivity index is 1.65. The maximum Gasteiger partial charge on any atom is 0.119 e. The Hall–Kier alpha value is -1.77. The third-order valence-corrected chi connectivity index (χ3v) is 3.49. The van der Waals surface area contributed by atoms with Gasteiger partial charge in [-0.25, -0.2) is 0 Å². The Bertz CT molecular complexity index is 433. The zero-order valence-corrected chi connectivity index (χ0v) is 11.9. The Kier molecular flexibility index (Phi) is 5.66. The highest BCUT2D eigenvalue weighted by molar-refractivity contribution is 5.31. The lowest BCUT2D eigenvalue weighted by Gasteiger charge is -2.33. The van der Waals surface area contributed by atoms with Crippen LogP contribution in [0.1, 0.15) is 0 Å². The summed E-state index contributed by atoms with van der Waals surface area (Å²) in [5.74, 6) is 1.71. The fraction of sp³-hybridized carbons (Fsp3) is 0.533. The lowest BCUT2D eigenvalue weighted by Crippen LogP contribution is -2.47. The molecular formula is C15H21N3O2. The highest BCUT2D eigenvalue weighted by atomic mass is 16.5. The number of benzene rings is 1. The summed E-state index contributed by atoms with van der Waals surface area (Å²) in [5, 5.41) is 8.66. The molecule has 0 aromatic heterocycles. The topological polar surface area (TPSA) is 48.7 Å². The minimum Gasteiger partial charge on any atom is -0.497 e. The fourth-order valence-corrected chi connectivity index (χ4v) is 2.24. The average molecular weight is 275 g/mol. The number of piperazine rings is 1. The maximum absolute atomic E-state index is 8.66. The van der Waals surface area contributed by atoms with E-state index in [1.165, 1.54) is 0 Å². The van der Waals surface area contributed by atoms with E-state index in [0.717, 1.165) is 44.2 Å². The van der Waals surface area contributed by atoms with Crippen LogP contribution in [0, 0.1) is 11.3 Å². The molecule has 0 aliphatic carbocycles. The van der Waals surface area contributed by atoms with E-state index < -0.39 is 0 Å². The Labute approximate surface area is 120 Å². The first-order valence-corrected chi connectivity index (χ1v) is 6.90. The van der Waals surface area contributed by atoms with Crippen molar-refractivity contribution in [2.45, 2.75) is 0 Å². The van der Waals surface area contributed by atoms with Crippen molar-refractivity contribution in [2.24, 2.45) is 0 Å². The summed E-state index contributed by atoms with van der Waals surface area (Å²) in [6, 6.07) is 9.84. The van der Waals surface area contributed by atoms with Crippen molar-refractivity contribution in [3.05, 3.63) is 24.3 Å². The molecule has 0 spiro atoms. The van der Waals surface area contributed by atoms with Crippen molar-refractivity contribution in [3.63, 3.8) is 0 Å². The van der Waals surface area contributed by atoms with Crippen LogP contribution in [-0.2, 0) is 0 Å². The maximum atomic E-state index is 8.66. The van der Waals surface area contributed by atoms with E-state index in [-0.39, 0.29) is 0 Å². The molecule has 1 aliphatic heterocycles. The molecule has 1 saturated heterocycles. The molecule has 108 valence electrons. The van der Waals surface area contributed by atoms with Gasteiger partial charge in [0.05, 0.1) is 19.7 Å². The molecule has 20 heavy (non-hydrogen) atoms. The summed E-state index contributed by atoms with van der Waals surface area (Å²) in [7, 11) is 1.65. The monoisotopic (exact) mass is 275 g/mol. The van der Waals surface area contributed by atoms with Crippen molar-refractivity contribution in [1.29, 1.82) is 5.26 Å². The predicted molar refractivity (Wildman–Crippen MR) is 77.0 cm³/mol. The number of rotatable bonds is 6. The van der Waals surface area contributed by atoms with E-state index in [1.54, 1.807) is 7.11 Å². The summed E-state index contributed by atoms with van der Waals surface area (Å²) in [6.45, 7) is 6.10. The first kappa shape index (κ1) is 14.6. The SMILES string of the molecule is COc1ccc(OCCN2CCN(CC#N)CC2)cc1. The standard InChI is InChI=1S/C15H21N3O2/c1-19-14-2-4-15(5-3-14)20-13-12-18-10-8-17(7-6-16)9-11-18/h2-5H,7-13H2,1H3. The molecule has 0 unspecified atom stereocenters. The van der Waals surface area contributed by atoms with Crippen LogP contribution in [0.25, 0.3) is 0 Å². The molecule has 2 rings (SSSR count). The van der Waals surface area contributed by atoms with Crippen LogP contribution in [-0.4, -0.2) is 62.8 Å². The normalized spacial score (nSPS) is 16.6. The molecule has 5 heteroatoms. The first-order chi connectivity index (χ1) is 9.81. The second-order valence-corrected chi connectivity index (χ2v) is 4.80. The molecular weight excluding hydrogens is 254 g/mol. The minimum atomic E-state index is 0.538. The number of hydrogen-bond acceptors (Lipinski definition) is 5. The van der Waals surface area contributed by atoms with Gasteiger partial charge in [0.1, 0.15) is 18.1 Å². The van der Waals surface area contributed by atoms with Crippen LogP contribution >= 0.6 is 0 Å². The Morgan fingerprint density at radius 2 is 1.65 bits per heavy atom. The Morgan fingerprint density at radius 3 is 2.25 bits per heavy atom. The smallest absolute Gasteiger partial charge is 0.119 e. The molecule has 0 amide bonds. The van der Waals surface area contributed by atoms with Gasteiger partial charge >= 0.3 is 0 Å². The molecule has 5 nitrogen and oxygen atoms in total. The van der Waals surface area contributed by atoms with Gasteiger partial charge in [0, 0.05) is 32.7 Å². The van der Waals surface area contributed by atoms with Crippen LogP contribution in [0.5, 0.6) is 11.5 Å².